The monoisotopic (exact) mass is 539 g/mol. The van der Waals surface area contributed by atoms with E-state index in [-0.39, 0.29) is 24.4 Å². The number of halogens is 1. The van der Waals surface area contributed by atoms with Crippen molar-refractivity contribution in [2.24, 2.45) is 5.11 Å². The van der Waals surface area contributed by atoms with E-state index in [1.54, 1.807) is 0 Å². The standard InChI is InChI=1S/C23H22FN9O6/c1-13-10-32(20-9-17(26-28-25)19(12-34)39-20)23(38)31(22(13)37)7-6-16(35)8-18(36)21-27-29-30-33(21)11-14-2-4-15(24)5-3-14/h2-8,10,17,19-20,34,36H,9,11-12H2,1H3/b7-6+,18-8-. The Kier molecular flexibility index (Phi) is 8.10. The Labute approximate surface area is 218 Å². The number of hydrogen-bond acceptors (Lipinski definition) is 10. The van der Waals surface area contributed by atoms with Gasteiger partial charge in [-0.1, -0.05) is 17.2 Å². The summed E-state index contributed by atoms with van der Waals surface area (Å²) in [4.78, 5) is 40.9. The number of aliphatic hydroxyl groups excluding tert-OH is 2. The van der Waals surface area contributed by atoms with Crippen LogP contribution in [-0.2, 0) is 16.1 Å². The minimum absolute atomic E-state index is 0.0821. The van der Waals surface area contributed by atoms with Gasteiger partial charge in [-0.05, 0) is 40.6 Å². The maximum atomic E-state index is 13.1. The first-order valence-electron chi connectivity index (χ1n) is 11.5. The van der Waals surface area contributed by atoms with Gasteiger partial charge in [0.15, 0.2) is 11.5 Å². The van der Waals surface area contributed by atoms with Crippen molar-refractivity contribution in [2.45, 2.75) is 38.3 Å². The number of carbonyl (C=O) groups is 1. The normalized spacial score (nSPS) is 19.4. The maximum Gasteiger partial charge on any atom is 0.337 e. The molecule has 1 fully saturated rings. The second-order valence-electron chi connectivity index (χ2n) is 8.53. The molecule has 16 heteroatoms. The molecule has 3 aromatic rings. The SMILES string of the molecule is Cc1cn(C2CC(N=[N+]=[N-])C(CO)O2)c(=O)n(/C=C/C(=O)/C=C(\O)c2nnnn2Cc2ccc(F)cc2)c1=O. The molecule has 3 unspecified atom stereocenters. The van der Waals surface area contributed by atoms with Crippen LogP contribution < -0.4 is 11.2 Å². The van der Waals surface area contributed by atoms with Crippen LogP contribution >= 0.6 is 0 Å². The number of aromatic nitrogens is 6. The molecule has 2 aromatic heterocycles. The van der Waals surface area contributed by atoms with Crippen molar-refractivity contribution in [3.63, 3.8) is 0 Å². The molecule has 0 bridgehead atoms. The molecule has 4 rings (SSSR count). The molecule has 0 radical (unpaired) electrons. The molecule has 1 aromatic carbocycles. The number of ketones is 1. The van der Waals surface area contributed by atoms with Crippen LogP contribution in [0.2, 0.25) is 0 Å². The number of aliphatic hydroxyl groups is 2. The van der Waals surface area contributed by atoms with E-state index >= 15 is 0 Å². The van der Waals surface area contributed by atoms with Crippen LogP contribution in [0, 0.1) is 12.7 Å². The van der Waals surface area contributed by atoms with Crippen molar-refractivity contribution in [1.29, 1.82) is 0 Å². The summed E-state index contributed by atoms with van der Waals surface area (Å²) in [6.07, 6.45) is 2.25. The number of aryl methyl sites for hydroxylation is 1. The van der Waals surface area contributed by atoms with Crippen molar-refractivity contribution >= 4 is 17.7 Å². The molecule has 0 amide bonds. The Morgan fingerprint density at radius 3 is 2.77 bits per heavy atom. The van der Waals surface area contributed by atoms with Crippen LogP contribution in [0.5, 0.6) is 0 Å². The van der Waals surface area contributed by atoms with Crippen LogP contribution in [0.15, 0.2) is 57.3 Å². The molecule has 1 aliphatic rings. The molecular weight excluding hydrogens is 517 g/mol. The summed E-state index contributed by atoms with van der Waals surface area (Å²) in [6, 6.07) is 4.82. The molecule has 0 aliphatic carbocycles. The summed E-state index contributed by atoms with van der Waals surface area (Å²) >= 11 is 0. The van der Waals surface area contributed by atoms with E-state index in [2.05, 4.69) is 25.6 Å². The zero-order chi connectivity index (χ0) is 28.1. The van der Waals surface area contributed by atoms with Gasteiger partial charge in [0.1, 0.15) is 12.0 Å². The number of nitrogens with zero attached hydrogens (tertiary/aromatic N) is 9. The Bertz CT molecular complexity index is 1600. The van der Waals surface area contributed by atoms with Crippen molar-refractivity contribution in [2.75, 3.05) is 6.61 Å². The molecule has 1 saturated heterocycles. The third-order valence-electron chi connectivity index (χ3n) is 5.88. The highest BCUT2D eigenvalue weighted by Crippen LogP contribution is 2.29. The van der Waals surface area contributed by atoms with Gasteiger partial charge >= 0.3 is 5.69 Å². The number of ether oxygens (including phenoxy) is 1. The molecule has 1 aliphatic heterocycles. The molecule has 15 nitrogen and oxygen atoms in total. The predicted octanol–water partition coefficient (Wildman–Crippen LogP) is 1.09. The van der Waals surface area contributed by atoms with Crippen LogP contribution in [0.3, 0.4) is 0 Å². The Balaban J connectivity index is 1.56. The first-order chi connectivity index (χ1) is 18.7. The number of azide groups is 1. The zero-order valence-corrected chi connectivity index (χ0v) is 20.4. The second-order valence-corrected chi connectivity index (χ2v) is 8.53. The minimum atomic E-state index is -0.927. The number of carbonyl (C=O) groups excluding carboxylic acids is 1. The number of rotatable bonds is 9. The highest BCUT2D eigenvalue weighted by molar-refractivity contribution is 6.04. The van der Waals surface area contributed by atoms with Gasteiger partial charge < -0.3 is 14.9 Å². The van der Waals surface area contributed by atoms with Gasteiger partial charge in [-0.3, -0.25) is 14.2 Å². The summed E-state index contributed by atoms with van der Waals surface area (Å²) in [6.45, 7) is 1.11. The van der Waals surface area contributed by atoms with E-state index in [4.69, 9.17) is 10.3 Å². The average molecular weight is 539 g/mol. The van der Waals surface area contributed by atoms with Gasteiger partial charge in [0.25, 0.3) is 5.56 Å². The third kappa shape index (κ3) is 5.98. The van der Waals surface area contributed by atoms with Crippen molar-refractivity contribution in [3.05, 3.63) is 96.7 Å². The lowest BCUT2D eigenvalue weighted by Crippen LogP contribution is -2.39. The fourth-order valence-corrected chi connectivity index (χ4v) is 3.95. The molecule has 0 spiro atoms. The predicted molar refractivity (Wildman–Crippen MR) is 133 cm³/mol. The van der Waals surface area contributed by atoms with Gasteiger partial charge in [0.2, 0.25) is 5.82 Å². The van der Waals surface area contributed by atoms with E-state index in [9.17, 15) is 29.0 Å². The highest BCUT2D eigenvalue weighted by Gasteiger charge is 2.36. The van der Waals surface area contributed by atoms with Crippen molar-refractivity contribution in [3.8, 4) is 0 Å². The molecule has 3 atom stereocenters. The Hall–Kier alpha value is -4.92. The Morgan fingerprint density at radius 2 is 2.08 bits per heavy atom. The van der Waals surface area contributed by atoms with Crippen LogP contribution in [0.4, 0.5) is 4.39 Å². The van der Waals surface area contributed by atoms with Gasteiger partial charge in [-0.2, -0.15) is 0 Å². The molecule has 3 heterocycles. The fourth-order valence-electron chi connectivity index (χ4n) is 3.95. The first-order valence-corrected chi connectivity index (χ1v) is 11.5. The fraction of sp³-hybridized carbons (Fsp3) is 0.304. The molecule has 2 N–H and O–H groups in total. The van der Waals surface area contributed by atoms with Gasteiger partial charge in [0.05, 0.1) is 25.3 Å². The molecular formula is C23H22FN9O6. The molecule has 0 saturated carbocycles. The number of benzene rings is 1. The van der Waals surface area contributed by atoms with Crippen molar-refractivity contribution in [1.82, 2.24) is 29.3 Å². The van der Waals surface area contributed by atoms with Gasteiger partial charge in [-0.25, -0.2) is 18.4 Å². The van der Waals surface area contributed by atoms with E-state index < -0.39 is 53.6 Å². The summed E-state index contributed by atoms with van der Waals surface area (Å²) in [5.74, 6) is -1.92. The lowest BCUT2D eigenvalue weighted by molar-refractivity contribution is -0.110. The lowest BCUT2D eigenvalue weighted by atomic mass is 10.1. The largest absolute Gasteiger partial charge is 0.504 e. The van der Waals surface area contributed by atoms with Crippen LogP contribution in [0.25, 0.3) is 22.4 Å². The van der Waals surface area contributed by atoms with E-state index in [0.29, 0.717) is 10.1 Å². The smallest absolute Gasteiger partial charge is 0.337 e. The Morgan fingerprint density at radius 1 is 1.33 bits per heavy atom. The van der Waals surface area contributed by atoms with Crippen LogP contribution in [-0.4, -0.2) is 64.1 Å². The highest BCUT2D eigenvalue weighted by atomic mass is 19.1. The summed E-state index contributed by atoms with van der Waals surface area (Å²) in [7, 11) is 0. The third-order valence-corrected chi connectivity index (χ3v) is 5.88. The lowest BCUT2D eigenvalue weighted by Gasteiger charge is -2.16. The van der Waals surface area contributed by atoms with E-state index in [0.717, 1.165) is 22.9 Å². The molecule has 202 valence electrons. The zero-order valence-electron chi connectivity index (χ0n) is 20.4. The van der Waals surface area contributed by atoms with Crippen LogP contribution in [0.1, 0.15) is 29.6 Å². The number of allylic oxidation sites excluding steroid dienone is 2. The first kappa shape index (κ1) is 27.1. The summed E-state index contributed by atoms with van der Waals surface area (Å²) in [5, 5.41) is 34.4. The summed E-state index contributed by atoms with van der Waals surface area (Å²) in [5.41, 5.74) is 7.99. The minimum Gasteiger partial charge on any atom is -0.504 e. The average Bonchev–Trinajstić information content (AvgIpc) is 3.54. The number of tetrazole rings is 1. The topological polar surface area (TPSA) is 203 Å². The van der Waals surface area contributed by atoms with Crippen molar-refractivity contribution < 1.29 is 24.1 Å². The number of hydrogen-bond donors (Lipinski definition) is 2. The molecule has 39 heavy (non-hydrogen) atoms. The van der Waals surface area contributed by atoms with E-state index in [1.165, 1.54) is 42.1 Å². The summed E-state index contributed by atoms with van der Waals surface area (Å²) < 4.78 is 21.8. The second kappa shape index (κ2) is 11.6. The van der Waals surface area contributed by atoms with Gasteiger partial charge in [-0.15, -0.1) is 5.10 Å². The quantitative estimate of drug-likeness (QED) is 0.131. The van der Waals surface area contributed by atoms with Gasteiger partial charge in [0, 0.05) is 41.4 Å². The van der Waals surface area contributed by atoms with E-state index in [1.807, 2.05) is 0 Å². The maximum absolute atomic E-state index is 13.1.